The Labute approximate surface area is 94.5 Å². The Bertz CT molecular complexity index is 205. The zero-order chi connectivity index (χ0) is 13.4. The second kappa shape index (κ2) is 18.7. The minimum absolute atomic E-state index is 0.194. The van der Waals surface area contributed by atoms with Gasteiger partial charge >= 0.3 is 11.9 Å². The summed E-state index contributed by atoms with van der Waals surface area (Å²) in [7, 11) is 0. The summed E-state index contributed by atoms with van der Waals surface area (Å²) < 4.78 is 4.17. The molecule has 0 saturated heterocycles. The molecule has 0 aliphatic rings. The normalized spacial score (nSPS) is 6.88. The molecule has 3 N–H and O–H groups in total. The van der Waals surface area contributed by atoms with Gasteiger partial charge in [-0.2, -0.15) is 0 Å². The fraction of sp³-hybridized carbons (Fsp3) is 0.400. The summed E-state index contributed by atoms with van der Waals surface area (Å²) in [4.78, 5) is 19.2. The van der Waals surface area contributed by atoms with Gasteiger partial charge in [0.15, 0.2) is 6.26 Å². The van der Waals surface area contributed by atoms with Crippen LogP contribution in [0, 0.1) is 0 Å². The van der Waals surface area contributed by atoms with Crippen LogP contribution in [0.25, 0.3) is 0 Å². The monoisotopic (exact) mass is 234 g/mol. The number of esters is 1. The van der Waals surface area contributed by atoms with Gasteiger partial charge in [0.05, 0.1) is 6.26 Å². The molecule has 6 heteroatoms. The van der Waals surface area contributed by atoms with Crippen molar-refractivity contribution in [3.63, 3.8) is 0 Å². The minimum Gasteiger partial charge on any atom is -0.508 e. The molecule has 0 aliphatic carbocycles. The number of hydrogen-bond donors (Lipinski definition) is 3. The van der Waals surface area contributed by atoms with E-state index in [-0.39, 0.29) is 12.2 Å². The Kier molecular flexibility index (Phi) is 22.9. The van der Waals surface area contributed by atoms with Crippen molar-refractivity contribution < 1.29 is 29.6 Å². The lowest BCUT2D eigenvalue weighted by Gasteiger charge is -1.83. The summed E-state index contributed by atoms with van der Waals surface area (Å²) in [5, 5.41) is 22.5. The first-order valence-corrected chi connectivity index (χ1v) is 4.40. The Balaban J connectivity index is -0.000000160. The molecule has 0 heterocycles. The van der Waals surface area contributed by atoms with Crippen LogP contribution in [0.2, 0.25) is 0 Å². The van der Waals surface area contributed by atoms with Crippen LogP contribution in [-0.4, -0.2) is 27.6 Å². The number of carbonyl (C=O) groups excluding carboxylic acids is 2. The first-order valence-electron chi connectivity index (χ1n) is 4.40. The number of aliphatic hydroxyl groups is 3. The Hall–Kier alpha value is -1.98. The maximum absolute atomic E-state index is 9.75. The van der Waals surface area contributed by atoms with Crippen LogP contribution >= 0.6 is 0 Å². The predicted octanol–water partition coefficient (Wildman–Crippen LogP) is 2.14. The van der Waals surface area contributed by atoms with Gasteiger partial charge in [-0.3, -0.25) is 4.79 Å². The van der Waals surface area contributed by atoms with E-state index in [1.165, 1.54) is 6.92 Å². The maximum atomic E-state index is 9.75. The van der Waals surface area contributed by atoms with Gasteiger partial charge in [0.2, 0.25) is 0 Å². The molecule has 0 aromatic heterocycles. The number of hydrogen-bond acceptors (Lipinski definition) is 6. The lowest BCUT2D eigenvalue weighted by Crippen LogP contribution is -1.87. The summed E-state index contributed by atoms with van der Waals surface area (Å²) in [5.74, 6) is -1.39. The summed E-state index contributed by atoms with van der Waals surface area (Å²) in [6, 6.07) is 0. The van der Waals surface area contributed by atoms with Gasteiger partial charge in [-0.15, -0.1) is 0 Å². The number of aliphatic hydroxyl groups excluding tert-OH is 2. The molecule has 0 unspecified atom stereocenters. The molecular formula is C10H18O6. The van der Waals surface area contributed by atoms with Crippen LogP contribution in [0.1, 0.15) is 26.7 Å². The molecule has 0 bridgehead atoms. The molecular weight excluding hydrogens is 216 g/mol. The molecule has 6 nitrogen and oxygen atoms in total. The van der Waals surface area contributed by atoms with E-state index in [1.54, 1.807) is 0 Å². The molecule has 0 fully saturated rings. The number of unbranched alkanes of at least 4 members (excludes halogenated alkanes) is 1. The molecule has 0 aromatic rings. The van der Waals surface area contributed by atoms with E-state index in [0.29, 0.717) is 6.42 Å². The first kappa shape index (κ1) is 19.6. The molecule has 0 amide bonds. The molecule has 0 saturated carbocycles. The zero-order valence-corrected chi connectivity index (χ0v) is 9.42. The van der Waals surface area contributed by atoms with Crippen LogP contribution in [0.15, 0.2) is 25.0 Å². The van der Waals surface area contributed by atoms with Crippen LogP contribution in [-0.2, 0) is 14.3 Å². The molecule has 94 valence electrons. The van der Waals surface area contributed by atoms with Crippen molar-refractivity contribution in [3.8, 4) is 0 Å². The highest BCUT2D eigenvalue weighted by Crippen LogP contribution is 1.74. The lowest BCUT2D eigenvalue weighted by atomic mass is 10.4. The zero-order valence-electron chi connectivity index (χ0n) is 9.42. The summed E-state index contributed by atoms with van der Waals surface area (Å²) >= 11 is 0. The van der Waals surface area contributed by atoms with Crippen molar-refractivity contribution in [3.05, 3.63) is 25.0 Å². The average Bonchev–Trinajstić information content (AvgIpc) is 2.20. The standard InChI is InChI=1S/C4H6O2.C4H8O.C2H4O3/c1-3-6-4(2)5;1-2-3-4-5;3-1-2(4)5/h3H,1H2,2H3;4H,2-3H2,1H3;1,3-5H. The smallest absolute Gasteiger partial charge is 0.310 e. The largest absolute Gasteiger partial charge is 0.508 e. The molecule has 0 rings (SSSR count). The number of carbonyl (C=O) groups is 2. The van der Waals surface area contributed by atoms with E-state index in [0.717, 1.165) is 19.0 Å². The third-order valence-corrected chi connectivity index (χ3v) is 0.771. The van der Waals surface area contributed by atoms with Crippen molar-refractivity contribution >= 4 is 12.3 Å². The van der Waals surface area contributed by atoms with Crippen LogP contribution in [0.5, 0.6) is 0 Å². The molecule has 0 atom stereocenters. The Morgan fingerprint density at radius 2 is 1.88 bits per heavy atom. The van der Waals surface area contributed by atoms with Gasteiger partial charge in [-0.05, 0) is 6.42 Å². The predicted molar refractivity (Wildman–Crippen MR) is 58.9 cm³/mol. The van der Waals surface area contributed by atoms with Crippen LogP contribution < -0.4 is 0 Å². The minimum atomic E-state index is -1.06. The maximum Gasteiger partial charge on any atom is 0.310 e. The second-order valence-corrected chi connectivity index (χ2v) is 2.22. The van der Waals surface area contributed by atoms with Crippen molar-refractivity contribution in [2.24, 2.45) is 0 Å². The van der Waals surface area contributed by atoms with Gasteiger partial charge in [0.25, 0.3) is 0 Å². The van der Waals surface area contributed by atoms with E-state index in [1.807, 2.05) is 6.92 Å². The van der Waals surface area contributed by atoms with E-state index >= 15 is 0 Å². The van der Waals surface area contributed by atoms with E-state index in [2.05, 4.69) is 11.3 Å². The Morgan fingerprint density at radius 3 is 1.88 bits per heavy atom. The van der Waals surface area contributed by atoms with Gasteiger partial charge < -0.3 is 24.9 Å². The first-order chi connectivity index (χ1) is 7.45. The average molecular weight is 234 g/mol. The fourth-order valence-electron chi connectivity index (χ4n) is 0.235. The quantitative estimate of drug-likeness (QED) is 0.392. The molecule has 0 spiro atoms. The highest BCUT2D eigenvalue weighted by molar-refractivity contribution is 5.66. The van der Waals surface area contributed by atoms with E-state index in [4.69, 9.17) is 15.3 Å². The SMILES string of the molecule is C=COC(C)=O.CCCC=O.OC=C(O)O. The number of rotatable bonds is 3. The van der Waals surface area contributed by atoms with Crippen LogP contribution in [0.3, 0.4) is 0 Å². The van der Waals surface area contributed by atoms with Crippen molar-refractivity contribution in [1.29, 1.82) is 0 Å². The van der Waals surface area contributed by atoms with E-state index < -0.39 is 5.95 Å². The lowest BCUT2D eigenvalue weighted by molar-refractivity contribution is -0.135. The second-order valence-electron chi connectivity index (χ2n) is 2.22. The van der Waals surface area contributed by atoms with Gasteiger partial charge in [0, 0.05) is 13.3 Å². The molecule has 0 aromatic carbocycles. The summed E-state index contributed by atoms with van der Waals surface area (Å²) in [6.07, 6.45) is 3.91. The summed E-state index contributed by atoms with van der Waals surface area (Å²) in [5.41, 5.74) is 0. The Morgan fingerprint density at radius 1 is 1.44 bits per heavy atom. The van der Waals surface area contributed by atoms with Gasteiger partial charge in [-0.25, -0.2) is 0 Å². The third-order valence-electron chi connectivity index (χ3n) is 0.771. The summed E-state index contributed by atoms with van der Waals surface area (Å²) in [6.45, 7) is 6.46. The third kappa shape index (κ3) is 57.9. The topological polar surface area (TPSA) is 104 Å². The number of aldehydes is 1. The number of ether oxygens (including phenoxy) is 1. The highest BCUT2D eigenvalue weighted by Gasteiger charge is 1.79. The van der Waals surface area contributed by atoms with Crippen LogP contribution in [0.4, 0.5) is 0 Å². The van der Waals surface area contributed by atoms with Crippen molar-refractivity contribution in [2.75, 3.05) is 0 Å². The van der Waals surface area contributed by atoms with Crippen molar-refractivity contribution in [1.82, 2.24) is 0 Å². The van der Waals surface area contributed by atoms with Crippen molar-refractivity contribution in [2.45, 2.75) is 26.7 Å². The fourth-order valence-corrected chi connectivity index (χ4v) is 0.235. The molecule has 0 radical (unpaired) electrons. The van der Waals surface area contributed by atoms with E-state index in [9.17, 15) is 9.59 Å². The highest BCUT2D eigenvalue weighted by atomic mass is 16.5. The van der Waals surface area contributed by atoms with Gasteiger partial charge in [0.1, 0.15) is 6.29 Å². The van der Waals surface area contributed by atoms with Gasteiger partial charge in [-0.1, -0.05) is 13.5 Å². The molecule has 0 aliphatic heterocycles. The molecule has 16 heavy (non-hydrogen) atoms.